The molecule has 0 amide bonds. The molecule has 0 radical (unpaired) electrons. The minimum Gasteiger partial charge on any atom is -0.492 e. The van der Waals surface area contributed by atoms with Crippen LogP contribution in [-0.2, 0) is 7.05 Å². The van der Waals surface area contributed by atoms with Crippen LogP contribution in [-0.4, -0.2) is 96.6 Å². The lowest BCUT2D eigenvalue weighted by atomic mass is 10.1. The molecule has 0 saturated carbocycles. The van der Waals surface area contributed by atoms with Crippen molar-refractivity contribution in [2.75, 3.05) is 82.6 Å². The number of rotatable bonds is 10. The number of fused-ring (bicyclic) bond motifs is 1. The van der Waals surface area contributed by atoms with E-state index in [4.69, 9.17) is 4.74 Å². The van der Waals surface area contributed by atoms with Gasteiger partial charge >= 0.3 is 0 Å². The third-order valence-electron chi connectivity index (χ3n) is 7.40. The molecule has 2 aromatic heterocycles. The summed E-state index contributed by atoms with van der Waals surface area (Å²) in [7, 11) is 8.23. The summed E-state index contributed by atoms with van der Waals surface area (Å²) in [5, 5.41) is 12.3. The van der Waals surface area contributed by atoms with Crippen molar-refractivity contribution < 1.29 is 4.74 Å². The van der Waals surface area contributed by atoms with Gasteiger partial charge in [0, 0.05) is 83.5 Å². The molecule has 0 aliphatic carbocycles. The Bertz CT molecular complexity index is 1410. The topological polar surface area (TPSA) is 86.6 Å². The second-order valence-corrected chi connectivity index (χ2v) is 10.1. The van der Waals surface area contributed by atoms with Crippen molar-refractivity contribution in [1.82, 2.24) is 29.5 Å². The molecule has 1 aliphatic rings. The second kappa shape index (κ2) is 11.9. The van der Waals surface area contributed by atoms with Crippen LogP contribution in [0.3, 0.4) is 0 Å². The monoisotopic (exact) mass is 529 g/mol. The highest BCUT2D eigenvalue weighted by atomic mass is 16.5. The van der Waals surface area contributed by atoms with Crippen LogP contribution in [0, 0.1) is 0 Å². The quantitative estimate of drug-likeness (QED) is 0.318. The molecule has 0 bridgehead atoms. The lowest BCUT2D eigenvalue weighted by Gasteiger charge is -2.34. The average Bonchev–Trinajstić information content (AvgIpc) is 3.33. The van der Waals surface area contributed by atoms with Crippen molar-refractivity contribution in [2.45, 2.75) is 6.92 Å². The van der Waals surface area contributed by atoms with Crippen molar-refractivity contribution in [3.05, 3.63) is 48.9 Å². The van der Waals surface area contributed by atoms with Gasteiger partial charge in [0.2, 0.25) is 0 Å². The van der Waals surface area contributed by atoms with Gasteiger partial charge < -0.3 is 25.2 Å². The Labute approximate surface area is 230 Å². The van der Waals surface area contributed by atoms with Gasteiger partial charge in [-0.2, -0.15) is 5.10 Å². The van der Waals surface area contributed by atoms with Gasteiger partial charge in [-0.25, -0.2) is 9.97 Å². The summed E-state index contributed by atoms with van der Waals surface area (Å²) in [5.41, 5.74) is 5.92. The molecule has 10 nitrogen and oxygen atoms in total. The summed E-state index contributed by atoms with van der Waals surface area (Å²) < 4.78 is 7.95. The number of aromatic nitrogens is 4. The van der Waals surface area contributed by atoms with Crippen LogP contribution in [0.25, 0.3) is 22.2 Å². The molecule has 1 saturated heterocycles. The molecular weight excluding hydrogens is 490 g/mol. The fraction of sp³-hybridized carbons (Fsp3) is 0.414. The maximum atomic E-state index is 6.09. The van der Waals surface area contributed by atoms with E-state index in [9.17, 15) is 0 Å². The molecule has 4 aromatic rings. The Morgan fingerprint density at radius 3 is 2.59 bits per heavy atom. The highest BCUT2D eigenvalue weighted by molar-refractivity contribution is 5.85. The number of hydrogen-bond acceptors (Lipinski definition) is 9. The van der Waals surface area contributed by atoms with Gasteiger partial charge in [0.15, 0.2) is 0 Å². The standard InChI is InChI=1S/C29H39N9O/c1-6-39-28-18-27(36(4)11-14-38-12-9-35(3)10-13-38)24(30-2)16-25(28)34-29-17-23(31-20-32-29)21-7-8-26-22(15-21)19-33-37(26)5/h7-8,15-20,30H,6,9-14H2,1-5H3,(H,31,32,34). The second-order valence-electron chi connectivity index (χ2n) is 10.1. The molecule has 3 heterocycles. The van der Waals surface area contributed by atoms with E-state index in [1.54, 1.807) is 6.33 Å². The van der Waals surface area contributed by atoms with Crippen molar-refractivity contribution in [2.24, 2.45) is 7.05 Å². The number of hydrogen-bond donors (Lipinski definition) is 2. The summed E-state index contributed by atoms with van der Waals surface area (Å²) in [6.45, 7) is 9.04. The molecule has 1 fully saturated rings. The van der Waals surface area contributed by atoms with Gasteiger partial charge in [-0.1, -0.05) is 6.07 Å². The van der Waals surface area contributed by atoms with Gasteiger partial charge in [0.25, 0.3) is 0 Å². The number of nitrogens with one attached hydrogen (secondary N) is 2. The maximum Gasteiger partial charge on any atom is 0.144 e. The van der Waals surface area contributed by atoms with Gasteiger partial charge in [-0.15, -0.1) is 0 Å². The number of benzene rings is 2. The number of likely N-dealkylation sites (N-methyl/N-ethyl adjacent to an activating group) is 2. The maximum absolute atomic E-state index is 6.09. The molecule has 1 aliphatic heterocycles. The van der Waals surface area contributed by atoms with Crippen LogP contribution in [0.2, 0.25) is 0 Å². The molecule has 10 heteroatoms. The molecule has 5 rings (SSSR count). The first kappa shape index (κ1) is 26.7. The molecule has 0 atom stereocenters. The lowest BCUT2D eigenvalue weighted by molar-refractivity contribution is 0.157. The van der Waals surface area contributed by atoms with Crippen molar-refractivity contribution in [3.8, 4) is 17.0 Å². The van der Waals surface area contributed by atoms with E-state index in [1.807, 2.05) is 38.0 Å². The highest BCUT2D eigenvalue weighted by Gasteiger charge is 2.18. The van der Waals surface area contributed by atoms with Crippen LogP contribution in [0.15, 0.2) is 48.9 Å². The van der Waals surface area contributed by atoms with E-state index in [0.717, 1.165) is 84.2 Å². The molecule has 2 N–H and O–H groups in total. The van der Waals surface area contributed by atoms with Crippen molar-refractivity contribution in [1.29, 1.82) is 0 Å². The zero-order valence-corrected chi connectivity index (χ0v) is 23.6. The SMILES string of the molecule is CCOc1cc(N(C)CCN2CCN(C)CC2)c(NC)cc1Nc1cc(-c2ccc3c(cnn3C)c2)ncn1. The summed E-state index contributed by atoms with van der Waals surface area (Å²) in [4.78, 5) is 16.2. The molecule has 2 aromatic carbocycles. The van der Waals surface area contributed by atoms with E-state index in [2.05, 4.69) is 84.8 Å². The van der Waals surface area contributed by atoms with Gasteiger partial charge in [-0.3, -0.25) is 9.58 Å². The van der Waals surface area contributed by atoms with E-state index in [-0.39, 0.29) is 0 Å². The van der Waals surface area contributed by atoms with Crippen LogP contribution >= 0.6 is 0 Å². The van der Waals surface area contributed by atoms with E-state index in [0.29, 0.717) is 12.4 Å². The summed E-state index contributed by atoms with van der Waals surface area (Å²) in [5.74, 6) is 1.49. The van der Waals surface area contributed by atoms with E-state index < -0.39 is 0 Å². The fourth-order valence-electron chi connectivity index (χ4n) is 4.99. The summed E-state index contributed by atoms with van der Waals surface area (Å²) in [6, 6.07) is 12.4. The molecule has 206 valence electrons. The van der Waals surface area contributed by atoms with Crippen LogP contribution in [0.5, 0.6) is 5.75 Å². The van der Waals surface area contributed by atoms with Crippen LogP contribution < -0.4 is 20.3 Å². The number of nitrogens with zero attached hydrogens (tertiary/aromatic N) is 7. The Balaban J connectivity index is 1.36. The minimum atomic E-state index is 0.568. The van der Waals surface area contributed by atoms with Gasteiger partial charge in [0.05, 0.1) is 41.1 Å². The van der Waals surface area contributed by atoms with E-state index >= 15 is 0 Å². The van der Waals surface area contributed by atoms with Crippen LogP contribution in [0.4, 0.5) is 22.9 Å². The van der Waals surface area contributed by atoms with Gasteiger partial charge in [-0.05, 0) is 32.2 Å². The third-order valence-corrected chi connectivity index (χ3v) is 7.40. The molecule has 39 heavy (non-hydrogen) atoms. The Hall–Kier alpha value is -3.89. The summed E-state index contributed by atoms with van der Waals surface area (Å²) in [6.07, 6.45) is 3.46. The average molecular weight is 530 g/mol. The molecule has 0 spiro atoms. The fourth-order valence-corrected chi connectivity index (χ4v) is 4.99. The normalized spacial score (nSPS) is 14.5. The number of anilines is 4. The number of aryl methyl sites for hydroxylation is 1. The first-order chi connectivity index (χ1) is 18.9. The smallest absolute Gasteiger partial charge is 0.144 e. The van der Waals surface area contributed by atoms with Crippen molar-refractivity contribution in [3.63, 3.8) is 0 Å². The first-order valence-corrected chi connectivity index (χ1v) is 13.6. The zero-order chi connectivity index (χ0) is 27.4. The van der Waals surface area contributed by atoms with E-state index in [1.165, 1.54) is 0 Å². The van der Waals surface area contributed by atoms with Crippen LogP contribution in [0.1, 0.15) is 6.92 Å². The number of ether oxygens (including phenoxy) is 1. The zero-order valence-electron chi connectivity index (χ0n) is 23.6. The predicted octanol–water partition coefficient (Wildman–Crippen LogP) is 3.90. The Kier molecular flexibility index (Phi) is 8.13. The minimum absolute atomic E-state index is 0.568. The Morgan fingerprint density at radius 1 is 1.00 bits per heavy atom. The Morgan fingerprint density at radius 2 is 1.82 bits per heavy atom. The third kappa shape index (κ3) is 6.07. The van der Waals surface area contributed by atoms with Gasteiger partial charge in [0.1, 0.15) is 17.9 Å². The first-order valence-electron chi connectivity index (χ1n) is 13.6. The summed E-state index contributed by atoms with van der Waals surface area (Å²) >= 11 is 0. The lowest BCUT2D eigenvalue weighted by Crippen LogP contribution is -2.46. The molecular formula is C29H39N9O. The van der Waals surface area contributed by atoms with Crippen molar-refractivity contribution >= 4 is 33.8 Å². The number of piperazine rings is 1. The molecule has 0 unspecified atom stereocenters. The predicted molar refractivity (Wildman–Crippen MR) is 159 cm³/mol. The largest absolute Gasteiger partial charge is 0.492 e. The highest BCUT2D eigenvalue weighted by Crippen LogP contribution is 2.38.